The third-order valence-corrected chi connectivity index (χ3v) is 1.95. The van der Waals surface area contributed by atoms with Crippen LogP contribution in [0.25, 0.3) is 6.08 Å². The van der Waals surface area contributed by atoms with E-state index in [1.807, 2.05) is 30.5 Å². The fourth-order valence-electron chi connectivity index (χ4n) is 1.31. The number of nitriles is 1. The molecule has 0 unspecified atom stereocenters. The van der Waals surface area contributed by atoms with Crippen LogP contribution < -0.4 is 5.32 Å². The van der Waals surface area contributed by atoms with Gasteiger partial charge in [-0.2, -0.15) is 5.26 Å². The Kier molecular flexibility index (Phi) is 1.56. The maximum atomic E-state index is 8.65. The zero-order valence-electron chi connectivity index (χ0n) is 6.54. The predicted molar refractivity (Wildman–Crippen MR) is 47.0 cm³/mol. The van der Waals surface area contributed by atoms with Crippen molar-refractivity contribution in [2.75, 3.05) is 0 Å². The molecule has 0 radical (unpaired) electrons. The van der Waals surface area contributed by atoms with Crippen LogP contribution in [0.15, 0.2) is 24.4 Å². The van der Waals surface area contributed by atoms with Crippen LogP contribution in [-0.2, 0) is 6.54 Å². The molecule has 0 aromatic heterocycles. The lowest BCUT2D eigenvalue weighted by Crippen LogP contribution is -2.09. The standard InChI is InChI=1S/C10H8N2/c11-6-8-1-2-9-3-4-12-7-10(9)5-8/h1-5,12H,7H2. The van der Waals surface area contributed by atoms with Gasteiger partial charge in [-0.15, -0.1) is 0 Å². The van der Waals surface area contributed by atoms with Gasteiger partial charge in [0.25, 0.3) is 0 Å². The summed E-state index contributed by atoms with van der Waals surface area (Å²) in [6, 6.07) is 7.87. The van der Waals surface area contributed by atoms with Crippen molar-refractivity contribution in [3.05, 3.63) is 41.1 Å². The summed E-state index contributed by atoms with van der Waals surface area (Å²) in [5, 5.41) is 11.8. The van der Waals surface area contributed by atoms with Crippen LogP contribution in [0.4, 0.5) is 0 Å². The molecule has 2 nitrogen and oxygen atoms in total. The van der Waals surface area contributed by atoms with Crippen molar-refractivity contribution in [2.45, 2.75) is 6.54 Å². The first-order valence-electron chi connectivity index (χ1n) is 3.83. The third-order valence-electron chi connectivity index (χ3n) is 1.95. The van der Waals surface area contributed by atoms with Gasteiger partial charge in [0.05, 0.1) is 11.6 Å². The molecule has 1 aromatic rings. The Morgan fingerprint density at radius 2 is 2.33 bits per heavy atom. The Hall–Kier alpha value is -1.75. The Morgan fingerprint density at radius 1 is 1.42 bits per heavy atom. The first kappa shape index (κ1) is 6.93. The van der Waals surface area contributed by atoms with Gasteiger partial charge in [0.1, 0.15) is 0 Å². The van der Waals surface area contributed by atoms with Crippen LogP contribution in [0, 0.1) is 11.3 Å². The van der Waals surface area contributed by atoms with Gasteiger partial charge in [0, 0.05) is 6.54 Å². The molecule has 0 bridgehead atoms. The highest BCUT2D eigenvalue weighted by Crippen LogP contribution is 2.15. The minimum absolute atomic E-state index is 0.728. The van der Waals surface area contributed by atoms with Crippen molar-refractivity contribution in [3.8, 4) is 6.07 Å². The van der Waals surface area contributed by atoms with E-state index >= 15 is 0 Å². The first-order chi connectivity index (χ1) is 5.90. The van der Waals surface area contributed by atoms with Gasteiger partial charge in [-0.25, -0.2) is 0 Å². The van der Waals surface area contributed by atoms with Gasteiger partial charge >= 0.3 is 0 Å². The SMILES string of the molecule is N#Cc1ccc2c(c1)CNC=C2. The van der Waals surface area contributed by atoms with Gasteiger partial charge in [-0.05, 0) is 35.5 Å². The molecule has 1 N–H and O–H groups in total. The van der Waals surface area contributed by atoms with E-state index in [1.54, 1.807) is 0 Å². The van der Waals surface area contributed by atoms with E-state index in [0.717, 1.165) is 12.1 Å². The second kappa shape index (κ2) is 2.71. The Morgan fingerprint density at radius 3 is 3.17 bits per heavy atom. The molecule has 1 heterocycles. The van der Waals surface area contributed by atoms with Gasteiger partial charge in [-0.1, -0.05) is 6.07 Å². The summed E-state index contributed by atoms with van der Waals surface area (Å²) in [7, 11) is 0. The quantitative estimate of drug-likeness (QED) is 0.619. The lowest BCUT2D eigenvalue weighted by Gasteiger charge is -2.11. The normalized spacial score (nSPS) is 12.9. The molecule has 0 spiro atoms. The van der Waals surface area contributed by atoms with Gasteiger partial charge in [-0.3, -0.25) is 0 Å². The van der Waals surface area contributed by atoms with E-state index in [2.05, 4.69) is 11.4 Å². The van der Waals surface area contributed by atoms with Crippen molar-refractivity contribution in [3.63, 3.8) is 0 Å². The highest BCUT2D eigenvalue weighted by Gasteiger charge is 2.03. The zero-order valence-corrected chi connectivity index (χ0v) is 6.54. The van der Waals surface area contributed by atoms with Gasteiger partial charge < -0.3 is 5.32 Å². The van der Waals surface area contributed by atoms with E-state index < -0.39 is 0 Å². The summed E-state index contributed by atoms with van der Waals surface area (Å²) in [5.41, 5.74) is 3.12. The van der Waals surface area contributed by atoms with Crippen molar-refractivity contribution < 1.29 is 0 Å². The number of rotatable bonds is 0. The zero-order chi connectivity index (χ0) is 8.39. The van der Waals surface area contributed by atoms with Crippen LogP contribution in [0.3, 0.4) is 0 Å². The topological polar surface area (TPSA) is 35.8 Å². The van der Waals surface area contributed by atoms with Gasteiger partial charge in [0.2, 0.25) is 0 Å². The summed E-state index contributed by atoms with van der Waals surface area (Å²) >= 11 is 0. The molecule has 58 valence electrons. The smallest absolute Gasteiger partial charge is 0.0991 e. The van der Waals surface area contributed by atoms with Crippen molar-refractivity contribution in [1.29, 1.82) is 5.26 Å². The van der Waals surface area contributed by atoms with Crippen LogP contribution in [0.5, 0.6) is 0 Å². The number of nitrogens with one attached hydrogen (secondary N) is 1. The summed E-state index contributed by atoms with van der Waals surface area (Å²) in [5.74, 6) is 0. The molecule has 1 aliphatic rings. The molecule has 0 aliphatic carbocycles. The minimum atomic E-state index is 0.728. The Balaban J connectivity index is 2.53. The van der Waals surface area contributed by atoms with Crippen molar-refractivity contribution >= 4 is 6.08 Å². The number of hydrogen-bond acceptors (Lipinski definition) is 2. The molecule has 1 aliphatic heterocycles. The molecule has 0 saturated heterocycles. The molecule has 0 amide bonds. The molecular weight excluding hydrogens is 148 g/mol. The second-order valence-corrected chi connectivity index (χ2v) is 2.74. The molecule has 0 saturated carbocycles. The summed E-state index contributed by atoms with van der Waals surface area (Å²) < 4.78 is 0. The highest BCUT2D eigenvalue weighted by atomic mass is 14.8. The largest absolute Gasteiger partial charge is 0.387 e. The third kappa shape index (κ3) is 1.06. The number of fused-ring (bicyclic) bond motifs is 1. The molecule has 2 heteroatoms. The van der Waals surface area contributed by atoms with Crippen molar-refractivity contribution in [1.82, 2.24) is 5.32 Å². The first-order valence-corrected chi connectivity index (χ1v) is 3.83. The molecular formula is C10H8N2. The Labute approximate surface area is 71.1 Å². The second-order valence-electron chi connectivity index (χ2n) is 2.74. The monoisotopic (exact) mass is 156 g/mol. The molecule has 2 rings (SSSR count). The molecule has 0 atom stereocenters. The van der Waals surface area contributed by atoms with Crippen LogP contribution >= 0.6 is 0 Å². The van der Waals surface area contributed by atoms with E-state index in [0.29, 0.717) is 0 Å². The fourth-order valence-corrected chi connectivity index (χ4v) is 1.31. The lowest BCUT2D eigenvalue weighted by molar-refractivity contribution is 0.858. The van der Waals surface area contributed by atoms with Crippen LogP contribution in [0.1, 0.15) is 16.7 Å². The van der Waals surface area contributed by atoms with Crippen molar-refractivity contribution in [2.24, 2.45) is 0 Å². The molecule has 12 heavy (non-hydrogen) atoms. The summed E-state index contributed by atoms with van der Waals surface area (Å²) in [6.07, 6.45) is 3.94. The van der Waals surface area contributed by atoms with E-state index in [-0.39, 0.29) is 0 Å². The number of nitrogens with zero attached hydrogens (tertiary/aromatic N) is 1. The lowest BCUT2D eigenvalue weighted by atomic mass is 10.0. The number of hydrogen-bond donors (Lipinski definition) is 1. The maximum absolute atomic E-state index is 8.65. The molecule has 0 fully saturated rings. The number of benzene rings is 1. The van der Waals surface area contributed by atoms with E-state index in [9.17, 15) is 0 Å². The minimum Gasteiger partial charge on any atom is -0.387 e. The van der Waals surface area contributed by atoms with E-state index in [4.69, 9.17) is 5.26 Å². The maximum Gasteiger partial charge on any atom is 0.0991 e. The average molecular weight is 156 g/mol. The fraction of sp³-hybridized carbons (Fsp3) is 0.100. The van der Waals surface area contributed by atoms with E-state index in [1.165, 1.54) is 11.1 Å². The molecule has 1 aromatic carbocycles. The predicted octanol–water partition coefficient (Wildman–Crippen LogP) is 1.63. The summed E-state index contributed by atoms with van der Waals surface area (Å²) in [6.45, 7) is 0.821. The van der Waals surface area contributed by atoms with Gasteiger partial charge in [0.15, 0.2) is 0 Å². The van der Waals surface area contributed by atoms with Crippen LogP contribution in [0.2, 0.25) is 0 Å². The summed E-state index contributed by atoms with van der Waals surface area (Å²) in [4.78, 5) is 0. The average Bonchev–Trinajstić information content (AvgIpc) is 2.17. The Bertz CT molecular complexity index is 372. The van der Waals surface area contributed by atoms with Crippen LogP contribution in [-0.4, -0.2) is 0 Å². The highest BCUT2D eigenvalue weighted by molar-refractivity contribution is 5.57.